The molecule has 0 aliphatic heterocycles. The van der Waals surface area contributed by atoms with Crippen LogP contribution in [0.1, 0.15) is 50.4 Å². The third kappa shape index (κ3) is 4.43. The molecule has 2 rings (SSSR count). The Morgan fingerprint density at radius 3 is 2.57 bits per heavy atom. The van der Waals surface area contributed by atoms with Crippen LogP contribution in [0, 0.1) is 0 Å². The Bertz CT molecular complexity index is 518. The zero-order chi connectivity index (χ0) is 15.1. The maximum Gasteiger partial charge on any atom is 0.0631 e. The van der Waals surface area contributed by atoms with Gasteiger partial charge in [0.25, 0.3) is 0 Å². The SMILES string of the molecule is CCNCC(Cc1ccn(C(C)CC)n1)c1ccccc1. The maximum absolute atomic E-state index is 4.74. The van der Waals surface area contributed by atoms with E-state index in [4.69, 9.17) is 5.10 Å². The van der Waals surface area contributed by atoms with Crippen LogP contribution in [0.4, 0.5) is 0 Å². The summed E-state index contributed by atoms with van der Waals surface area (Å²) in [5, 5.41) is 8.22. The highest BCUT2D eigenvalue weighted by molar-refractivity contribution is 5.22. The Kier molecular flexibility index (Phi) is 6.00. The molecule has 2 aromatic rings. The second kappa shape index (κ2) is 7.99. The summed E-state index contributed by atoms with van der Waals surface area (Å²) in [6.07, 6.45) is 4.21. The number of rotatable bonds is 8. The molecule has 0 aliphatic rings. The minimum absolute atomic E-state index is 0.475. The average molecular weight is 285 g/mol. The highest BCUT2D eigenvalue weighted by Crippen LogP contribution is 2.20. The quantitative estimate of drug-likeness (QED) is 0.799. The van der Waals surface area contributed by atoms with Crippen molar-refractivity contribution >= 4 is 0 Å². The van der Waals surface area contributed by atoms with Gasteiger partial charge in [-0.25, -0.2) is 0 Å². The van der Waals surface area contributed by atoms with Gasteiger partial charge in [0.05, 0.1) is 5.69 Å². The minimum Gasteiger partial charge on any atom is -0.316 e. The van der Waals surface area contributed by atoms with Crippen LogP contribution in [0.25, 0.3) is 0 Å². The van der Waals surface area contributed by atoms with Crippen molar-refractivity contribution in [2.24, 2.45) is 0 Å². The first-order chi connectivity index (χ1) is 10.2. The van der Waals surface area contributed by atoms with E-state index in [1.807, 2.05) is 0 Å². The van der Waals surface area contributed by atoms with E-state index in [-0.39, 0.29) is 0 Å². The number of benzene rings is 1. The molecule has 1 aromatic heterocycles. The lowest BCUT2D eigenvalue weighted by molar-refractivity contribution is 0.470. The first-order valence-electron chi connectivity index (χ1n) is 8.04. The molecule has 1 aromatic carbocycles. The van der Waals surface area contributed by atoms with Gasteiger partial charge >= 0.3 is 0 Å². The van der Waals surface area contributed by atoms with Crippen molar-refractivity contribution in [3.8, 4) is 0 Å². The highest BCUT2D eigenvalue weighted by atomic mass is 15.3. The zero-order valence-corrected chi connectivity index (χ0v) is 13.4. The van der Waals surface area contributed by atoms with Gasteiger partial charge in [-0.1, -0.05) is 44.2 Å². The molecule has 0 radical (unpaired) electrons. The zero-order valence-electron chi connectivity index (χ0n) is 13.4. The number of hydrogen-bond donors (Lipinski definition) is 1. The standard InChI is InChI=1S/C18H27N3/c1-4-15(3)21-12-11-18(20-21)13-17(14-19-5-2)16-9-7-6-8-10-16/h6-12,15,17,19H,4-5,13-14H2,1-3H3. The fraction of sp³-hybridized carbons (Fsp3) is 0.500. The highest BCUT2D eigenvalue weighted by Gasteiger charge is 2.14. The molecule has 2 unspecified atom stereocenters. The summed E-state index contributed by atoms with van der Waals surface area (Å²) < 4.78 is 2.09. The molecule has 2 atom stereocenters. The topological polar surface area (TPSA) is 29.9 Å². The minimum atomic E-state index is 0.475. The van der Waals surface area contributed by atoms with Crippen molar-refractivity contribution in [2.45, 2.75) is 45.6 Å². The van der Waals surface area contributed by atoms with E-state index in [9.17, 15) is 0 Å². The smallest absolute Gasteiger partial charge is 0.0631 e. The maximum atomic E-state index is 4.74. The third-order valence-corrected chi connectivity index (χ3v) is 4.07. The predicted molar refractivity (Wildman–Crippen MR) is 88.7 cm³/mol. The van der Waals surface area contributed by atoms with Gasteiger partial charge in [0.15, 0.2) is 0 Å². The summed E-state index contributed by atoms with van der Waals surface area (Å²) >= 11 is 0. The van der Waals surface area contributed by atoms with Gasteiger partial charge in [0.1, 0.15) is 0 Å². The summed E-state index contributed by atoms with van der Waals surface area (Å²) in [6, 6.07) is 13.4. The predicted octanol–water partition coefficient (Wildman–Crippen LogP) is 3.79. The van der Waals surface area contributed by atoms with Crippen LogP contribution in [0.5, 0.6) is 0 Å². The van der Waals surface area contributed by atoms with Gasteiger partial charge < -0.3 is 5.32 Å². The van der Waals surface area contributed by atoms with E-state index in [1.54, 1.807) is 0 Å². The Hall–Kier alpha value is -1.61. The summed E-state index contributed by atoms with van der Waals surface area (Å²) in [4.78, 5) is 0. The second-order valence-corrected chi connectivity index (χ2v) is 5.66. The Balaban J connectivity index is 2.09. The third-order valence-electron chi connectivity index (χ3n) is 4.07. The van der Waals surface area contributed by atoms with Crippen molar-refractivity contribution in [1.82, 2.24) is 15.1 Å². The molecule has 1 N–H and O–H groups in total. The molecular formula is C18H27N3. The molecule has 0 aliphatic carbocycles. The first-order valence-corrected chi connectivity index (χ1v) is 8.04. The largest absolute Gasteiger partial charge is 0.316 e. The molecule has 0 fully saturated rings. The average Bonchev–Trinajstić information content (AvgIpc) is 3.00. The van der Waals surface area contributed by atoms with E-state index in [2.05, 4.69) is 73.4 Å². The van der Waals surface area contributed by atoms with Gasteiger partial charge in [-0.15, -0.1) is 0 Å². The van der Waals surface area contributed by atoms with Gasteiger partial charge in [0.2, 0.25) is 0 Å². The number of nitrogens with one attached hydrogen (secondary N) is 1. The fourth-order valence-corrected chi connectivity index (χ4v) is 2.52. The normalized spacial score (nSPS) is 14.0. The van der Waals surface area contributed by atoms with Gasteiger partial charge in [-0.3, -0.25) is 4.68 Å². The molecule has 3 heteroatoms. The van der Waals surface area contributed by atoms with Crippen molar-refractivity contribution in [1.29, 1.82) is 0 Å². The number of likely N-dealkylation sites (N-methyl/N-ethyl adjacent to an activating group) is 1. The first kappa shape index (κ1) is 15.8. The molecule has 0 bridgehead atoms. The lowest BCUT2D eigenvalue weighted by Crippen LogP contribution is -2.23. The molecule has 1 heterocycles. The molecule has 21 heavy (non-hydrogen) atoms. The molecule has 3 nitrogen and oxygen atoms in total. The molecule has 0 spiro atoms. The Morgan fingerprint density at radius 2 is 1.90 bits per heavy atom. The van der Waals surface area contributed by atoms with E-state index in [1.165, 1.54) is 11.3 Å². The molecular weight excluding hydrogens is 258 g/mol. The van der Waals surface area contributed by atoms with Crippen LogP contribution in [0.3, 0.4) is 0 Å². The second-order valence-electron chi connectivity index (χ2n) is 5.66. The lowest BCUT2D eigenvalue weighted by atomic mass is 9.94. The van der Waals surface area contributed by atoms with Gasteiger partial charge in [0, 0.05) is 24.7 Å². The van der Waals surface area contributed by atoms with E-state index in [0.717, 1.165) is 25.9 Å². The number of aromatic nitrogens is 2. The van der Waals surface area contributed by atoms with E-state index >= 15 is 0 Å². The van der Waals surface area contributed by atoms with E-state index in [0.29, 0.717) is 12.0 Å². The summed E-state index contributed by atoms with van der Waals surface area (Å²) in [7, 11) is 0. The van der Waals surface area contributed by atoms with Crippen LogP contribution in [0.15, 0.2) is 42.6 Å². The molecule has 0 saturated carbocycles. The van der Waals surface area contributed by atoms with Crippen molar-refractivity contribution in [3.63, 3.8) is 0 Å². The van der Waals surface area contributed by atoms with Crippen LogP contribution in [0.2, 0.25) is 0 Å². The van der Waals surface area contributed by atoms with Gasteiger partial charge in [-0.2, -0.15) is 5.10 Å². The Labute approximate surface area is 128 Å². The summed E-state index contributed by atoms with van der Waals surface area (Å²) in [5.41, 5.74) is 2.57. The van der Waals surface area contributed by atoms with Crippen molar-refractivity contribution < 1.29 is 0 Å². The van der Waals surface area contributed by atoms with E-state index < -0.39 is 0 Å². The van der Waals surface area contributed by atoms with Crippen molar-refractivity contribution in [2.75, 3.05) is 13.1 Å². The Morgan fingerprint density at radius 1 is 1.14 bits per heavy atom. The fourth-order valence-electron chi connectivity index (χ4n) is 2.52. The number of nitrogens with zero attached hydrogens (tertiary/aromatic N) is 2. The monoisotopic (exact) mass is 285 g/mol. The molecule has 0 saturated heterocycles. The van der Waals surface area contributed by atoms with Gasteiger partial charge in [-0.05, 0) is 37.9 Å². The lowest BCUT2D eigenvalue weighted by Gasteiger charge is -2.17. The van der Waals surface area contributed by atoms with Crippen LogP contribution in [-0.2, 0) is 6.42 Å². The molecule has 0 amide bonds. The summed E-state index contributed by atoms with van der Waals surface area (Å²) in [6.45, 7) is 8.56. The van der Waals surface area contributed by atoms with Crippen LogP contribution >= 0.6 is 0 Å². The van der Waals surface area contributed by atoms with Crippen LogP contribution < -0.4 is 5.32 Å². The number of hydrogen-bond acceptors (Lipinski definition) is 2. The summed E-state index contributed by atoms with van der Waals surface area (Å²) in [5.74, 6) is 0.478. The van der Waals surface area contributed by atoms with Crippen molar-refractivity contribution in [3.05, 3.63) is 53.9 Å². The van der Waals surface area contributed by atoms with Crippen LogP contribution in [-0.4, -0.2) is 22.9 Å². The molecule has 114 valence electrons.